The lowest BCUT2D eigenvalue weighted by Gasteiger charge is -2.30. The molecule has 0 aromatic heterocycles. The minimum atomic E-state index is -0.324. The first-order chi connectivity index (χ1) is 41.6. The molecule has 0 fully saturated rings. The van der Waals surface area contributed by atoms with Crippen LogP contribution in [0.1, 0.15) is 44.5 Å². The number of nitrogens with one attached hydrogen (secondary N) is 2. The Balaban J connectivity index is 0.000000132. The van der Waals surface area contributed by atoms with Crippen molar-refractivity contribution in [2.75, 3.05) is 10.6 Å². The van der Waals surface area contributed by atoms with E-state index in [0.717, 1.165) is 22.7 Å². The molecule has 2 spiro atoms. The van der Waals surface area contributed by atoms with Crippen molar-refractivity contribution in [2.45, 2.75) is 10.8 Å². The summed E-state index contributed by atoms with van der Waals surface area (Å²) in [5, 5.41) is 12.5. The van der Waals surface area contributed by atoms with Crippen molar-refractivity contribution in [2.24, 2.45) is 0 Å². The lowest BCUT2D eigenvalue weighted by molar-refractivity contribution is 0.794. The van der Waals surface area contributed by atoms with Crippen molar-refractivity contribution in [1.29, 1.82) is 0 Å². The molecule has 84 heavy (non-hydrogen) atoms. The summed E-state index contributed by atoms with van der Waals surface area (Å²) in [4.78, 5) is 0. The van der Waals surface area contributed by atoms with Crippen LogP contribution in [0.25, 0.3) is 88.3 Å². The van der Waals surface area contributed by atoms with Gasteiger partial charge in [-0.1, -0.05) is 261 Å². The average molecular weight is 1070 g/mol. The summed E-state index contributed by atoms with van der Waals surface area (Å²) in [6, 6.07) is 115. The van der Waals surface area contributed by atoms with Gasteiger partial charge in [-0.3, -0.25) is 0 Å². The van der Waals surface area contributed by atoms with E-state index in [0.29, 0.717) is 0 Å². The topological polar surface area (TPSA) is 24.1 Å². The summed E-state index contributed by atoms with van der Waals surface area (Å²) >= 11 is 0. The Labute approximate surface area is 489 Å². The van der Waals surface area contributed by atoms with Gasteiger partial charge in [0.25, 0.3) is 0 Å². The molecule has 4 aliphatic carbocycles. The van der Waals surface area contributed by atoms with Crippen molar-refractivity contribution >= 4 is 44.3 Å². The first kappa shape index (κ1) is 48.0. The van der Waals surface area contributed by atoms with Gasteiger partial charge in [-0.2, -0.15) is 0 Å². The Morgan fingerprint density at radius 3 is 0.952 bits per heavy atom. The molecule has 2 nitrogen and oxygen atoms in total. The van der Waals surface area contributed by atoms with Gasteiger partial charge < -0.3 is 10.6 Å². The summed E-state index contributed by atoms with van der Waals surface area (Å²) < 4.78 is 0. The Kier molecular flexibility index (Phi) is 10.8. The molecule has 0 bridgehead atoms. The van der Waals surface area contributed by atoms with E-state index in [2.05, 4.69) is 326 Å². The third-order valence-corrected chi connectivity index (χ3v) is 18.5. The predicted octanol–water partition coefficient (Wildman–Crippen LogP) is 21.2. The van der Waals surface area contributed by atoms with E-state index in [1.54, 1.807) is 0 Å². The molecule has 0 atom stereocenters. The van der Waals surface area contributed by atoms with Crippen LogP contribution in [0, 0.1) is 0 Å². The Morgan fingerprint density at radius 1 is 0.179 bits per heavy atom. The van der Waals surface area contributed by atoms with Gasteiger partial charge >= 0.3 is 0 Å². The zero-order valence-electron chi connectivity index (χ0n) is 46.0. The third kappa shape index (κ3) is 7.11. The maximum atomic E-state index is 3.73. The molecule has 0 unspecified atom stereocenters. The first-order valence-electron chi connectivity index (χ1n) is 29.2. The van der Waals surface area contributed by atoms with Crippen LogP contribution in [0.3, 0.4) is 0 Å². The molecule has 0 amide bonds. The van der Waals surface area contributed by atoms with Crippen LogP contribution in [0.4, 0.5) is 22.7 Å². The monoisotopic (exact) mass is 1070 g/mol. The van der Waals surface area contributed by atoms with Gasteiger partial charge in [0.15, 0.2) is 0 Å². The largest absolute Gasteiger partial charge is 0.356 e. The lowest BCUT2D eigenvalue weighted by Crippen LogP contribution is -2.25. The van der Waals surface area contributed by atoms with E-state index in [9.17, 15) is 0 Å². The van der Waals surface area contributed by atoms with E-state index >= 15 is 0 Å². The van der Waals surface area contributed by atoms with Crippen LogP contribution in [0.2, 0.25) is 0 Å². The van der Waals surface area contributed by atoms with Crippen LogP contribution in [0.15, 0.2) is 315 Å². The molecule has 4 aliphatic rings. The van der Waals surface area contributed by atoms with Gasteiger partial charge in [0.1, 0.15) is 0 Å². The number of hydrogen-bond donors (Lipinski definition) is 2. The van der Waals surface area contributed by atoms with Crippen LogP contribution in [0.5, 0.6) is 0 Å². The van der Waals surface area contributed by atoms with Gasteiger partial charge in [-0.05, 0) is 187 Å². The number of rotatable bonds is 6. The lowest BCUT2D eigenvalue weighted by atomic mass is 9.70. The average Bonchev–Trinajstić information content (AvgIpc) is 1.62. The smallest absolute Gasteiger partial charge is 0.0726 e. The van der Waals surface area contributed by atoms with E-state index in [-0.39, 0.29) is 10.8 Å². The highest BCUT2D eigenvalue weighted by Gasteiger charge is 2.53. The molecule has 0 radical (unpaired) electrons. The second-order valence-electron chi connectivity index (χ2n) is 22.8. The third-order valence-electron chi connectivity index (χ3n) is 18.5. The summed E-state index contributed by atoms with van der Waals surface area (Å²) in [5.41, 5.74) is 30.2. The number of anilines is 4. The van der Waals surface area contributed by atoms with Gasteiger partial charge in [0, 0.05) is 22.7 Å². The minimum absolute atomic E-state index is 0.323. The highest BCUT2D eigenvalue weighted by atomic mass is 14.9. The van der Waals surface area contributed by atoms with E-state index in [1.807, 2.05) is 0 Å². The zero-order valence-corrected chi connectivity index (χ0v) is 46.0. The molecule has 2 heteroatoms. The van der Waals surface area contributed by atoms with E-state index in [1.165, 1.54) is 133 Å². The quantitative estimate of drug-likeness (QED) is 0.173. The molecule has 0 aliphatic heterocycles. The Bertz CT molecular complexity index is 4830. The molecule has 0 heterocycles. The highest BCUT2D eigenvalue weighted by Crippen LogP contribution is 2.65. The number of benzene rings is 14. The fraction of sp³-hybridized carbons (Fsp3) is 0.0244. The predicted molar refractivity (Wildman–Crippen MR) is 351 cm³/mol. The van der Waals surface area contributed by atoms with E-state index in [4.69, 9.17) is 0 Å². The minimum Gasteiger partial charge on any atom is -0.356 e. The Hall–Kier alpha value is -10.8. The van der Waals surface area contributed by atoms with Crippen molar-refractivity contribution in [3.05, 3.63) is 360 Å². The SMILES string of the molecule is c1ccc2c(c1)-c1ccccc1C21c2ccccc2-c2ccc(Nc3ccc(-c4ccc5ccccc5c4)cc3)cc21.c1ccc2c(c1)-c1ccccc1C21c2ccccc2-c2ccc(Nc3ccc(-c4cccc5ccccc45)cc3)cc21. The maximum Gasteiger partial charge on any atom is 0.0726 e. The maximum absolute atomic E-state index is 3.73. The molecular formula is C82H54N2. The molecule has 14 aromatic carbocycles. The normalized spacial score (nSPS) is 13.4. The van der Waals surface area contributed by atoms with Crippen molar-refractivity contribution in [1.82, 2.24) is 0 Å². The first-order valence-corrected chi connectivity index (χ1v) is 29.2. The van der Waals surface area contributed by atoms with Crippen LogP contribution in [-0.2, 0) is 10.8 Å². The molecule has 18 rings (SSSR count). The summed E-state index contributed by atoms with van der Waals surface area (Å²) in [6.45, 7) is 0. The number of hydrogen-bond acceptors (Lipinski definition) is 2. The Morgan fingerprint density at radius 2 is 0.500 bits per heavy atom. The molecular weight excluding hydrogens is 1010 g/mol. The van der Waals surface area contributed by atoms with Crippen LogP contribution < -0.4 is 10.6 Å². The summed E-state index contributed by atoms with van der Waals surface area (Å²) in [7, 11) is 0. The van der Waals surface area contributed by atoms with Crippen molar-refractivity contribution in [3.8, 4) is 66.8 Å². The molecule has 0 saturated heterocycles. The van der Waals surface area contributed by atoms with Gasteiger partial charge in [-0.25, -0.2) is 0 Å². The van der Waals surface area contributed by atoms with Gasteiger partial charge in [-0.15, -0.1) is 0 Å². The van der Waals surface area contributed by atoms with Crippen LogP contribution >= 0.6 is 0 Å². The highest BCUT2D eigenvalue weighted by molar-refractivity contribution is 5.99. The van der Waals surface area contributed by atoms with Crippen LogP contribution in [-0.4, -0.2) is 0 Å². The second kappa shape index (κ2) is 18.9. The fourth-order valence-corrected chi connectivity index (χ4v) is 15.0. The van der Waals surface area contributed by atoms with Gasteiger partial charge in [0.2, 0.25) is 0 Å². The fourth-order valence-electron chi connectivity index (χ4n) is 15.0. The molecule has 14 aromatic rings. The summed E-state index contributed by atoms with van der Waals surface area (Å²) in [6.07, 6.45) is 0. The number of fused-ring (bicyclic) bond motifs is 22. The molecule has 2 N–H and O–H groups in total. The van der Waals surface area contributed by atoms with E-state index < -0.39 is 0 Å². The standard InChI is InChI=1S/2C41H27N/c1-2-12-31-27(10-1)11-9-16-32(31)28-20-22-29(23-21-28)42-30-24-25-36-35-15-5-8-19-39(35)41(40(36)26-30)37-17-6-3-13-33(37)34-14-4-7-18-38(34)41;1-2-10-29-25-30(18-17-27(29)9-1)28-19-21-31(22-20-28)42-32-23-24-36-35-13-5-8-16-39(35)41(40(36)26-32)37-14-6-3-11-33(37)34-12-4-7-15-38(34)41/h2*1-26,42H. The second-order valence-corrected chi connectivity index (χ2v) is 22.8. The summed E-state index contributed by atoms with van der Waals surface area (Å²) in [5.74, 6) is 0. The zero-order chi connectivity index (χ0) is 55.3. The van der Waals surface area contributed by atoms with Crippen molar-refractivity contribution < 1.29 is 0 Å². The van der Waals surface area contributed by atoms with Gasteiger partial charge in [0.05, 0.1) is 10.8 Å². The molecule has 0 saturated carbocycles. The molecule has 392 valence electrons. The van der Waals surface area contributed by atoms with Crippen molar-refractivity contribution in [3.63, 3.8) is 0 Å².